The molecule has 0 fully saturated rings. The van der Waals surface area contributed by atoms with Gasteiger partial charge in [0.1, 0.15) is 17.4 Å². The van der Waals surface area contributed by atoms with Crippen molar-refractivity contribution in [3.05, 3.63) is 71.2 Å². The summed E-state index contributed by atoms with van der Waals surface area (Å²) in [6, 6.07) is 9.59. The van der Waals surface area contributed by atoms with Gasteiger partial charge in [0, 0.05) is 23.3 Å². The van der Waals surface area contributed by atoms with E-state index in [-0.39, 0.29) is 12.2 Å². The third kappa shape index (κ3) is 5.81. The van der Waals surface area contributed by atoms with Crippen LogP contribution < -0.4 is 5.73 Å². The summed E-state index contributed by atoms with van der Waals surface area (Å²) >= 11 is 1.41. The van der Waals surface area contributed by atoms with Crippen molar-refractivity contribution in [1.82, 2.24) is 9.38 Å². The maximum absolute atomic E-state index is 13.0. The van der Waals surface area contributed by atoms with Gasteiger partial charge in [-0.2, -0.15) is 24.9 Å². The lowest BCUT2D eigenvalue weighted by atomic mass is 10.1. The molecule has 3 rings (SSSR count). The van der Waals surface area contributed by atoms with Gasteiger partial charge in [-0.15, -0.1) is 0 Å². The minimum absolute atomic E-state index is 0.253. The van der Waals surface area contributed by atoms with E-state index in [9.17, 15) is 18.0 Å². The first-order chi connectivity index (χ1) is 14.8. The van der Waals surface area contributed by atoms with Gasteiger partial charge in [0.2, 0.25) is 0 Å². The van der Waals surface area contributed by atoms with Crippen LogP contribution in [0.5, 0.6) is 0 Å². The van der Waals surface area contributed by atoms with E-state index in [4.69, 9.17) is 10.5 Å². The lowest BCUT2D eigenvalue weighted by Gasteiger charge is -2.09. The van der Waals surface area contributed by atoms with E-state index in [2.05, 4.69) is 16.8 Å². The Kier molecular flexibility index (Phi) is 7.25. The number of pyridine rings is 1. The van der Waals surface area contributed by atoms with Gasteiger partial charge < -0.3 is 10.5 Å². The lowest BCUT2D eigenvalue weighted by Crippen LogP contribution is -2.34. The number of alkyl halides is 3. The molecule has 31 heavy (non-hydrogen) atoms. The summed E-state index contributed by atoms with van der Waals surface area (Å²) in [5.41, 5.74) is 7.23. The van der Waals surface area contributed by atoms with E-state index in [0.29, 0.717) is 28.5 Å². The number of aromatic nitrogens is 2. The molecule has 1 aromatic carbocycles. The Labute approximate surface area is 181 Å². The number of nitrogens with zero attached hydrogens (tertiary/aromatic N) is 2. The van der Waals surface area contributed by atoms with Crippen LogP contribution in [0.25, 0.3) is 5.65 Å². The van der Waals surface area contributed by atoms with Crippen LogP contribution in [0.2, 0.25) is 0 Å². The summed E-state index contributed by atoms with van der Waals surface area (Å²) in [4.78, 5) is 16.2. The van der Waals surface area contributed by atoms with E-state index in [0.717, 1.165) is 12.1 Å². The normalized spacial score (nSPS) is 12.3. The van der Waals surface area contributed by atoms with Crippen LogP contribution in [0.3, 0.4) is 0 Å². The topological polar surface area (TPSA) is 69.6 Å². The maximum atomic E-state index is 13.0. The molecule has 162 valence electrons. The second-order valence-corrected chi connectivity index (χ2v) is 7.57. The quantitative estimate of drug-likeness (QED) is 0.459. The predicted molar refractivity (Wildman–Crippen MR) is 113 cm³/mol. The van der Waals surface area contributed by atoms with Crippen molar-refractivity contribution in [3.63, 3.8) is 0 Å². The molecule has 0 radical (unpaired) electrons. The highest BCUT2D eigenvalue weighted by Gasteiger charge is 2.30. The molecule has 0 aliphatic heterocycles. The number of halogens is 3. The van der Waals surface area contributed by atoms with Crippen LogP contribution in [0.4, 0.5) is 13.2 Å². The van der Waals surface area contributed by atoms with Crippen LogP contribution in [-0.4, -0.2) is 33.8 Å². The van der Waals surface area contributed by atoms with E-state index >= 15 is 0 Å². The number of hydrogen-bond acceptors (Lipinski definition) is 5. The zero-order chi connectivity index (χ0) is 22.4. The zero-order valence-electron chi connectivity index (χ0n) is 16.6. The molecule has 1 atom stereocenters. The van der Waals surface area contributed by atoms with E-state index < -0.39 is 23.8 Å². The Bertz CT molecular complexity index is 1130. The summed E-state index contributed by atoms with van der Waals surface area (Å²) in [5, 5.41) is 0. The molecule has 0 aliphatic rings. The Balaban J connectivity index is 1.84. The third-order valence-electron chi connectivity index (χ3n) is 4.24. The van der Waals surface area contributed by atoms with Gasteiger partial charge in [0.05, 0.1) is 17.9 Å². The molecule has 0 spiro atoms. The fraction of sp³-hybridized carbons (Fsp3) is 0.273. The van der Waals surface area contributed by atoms with Crippen molar-refractivity contribution >= 4 is 23.4 Å². The van der Waals surface area contributed by atoms with Crippen molar-refractivity contribution in [2.24, 2.45) is 5.73 Å². The van der Waals surface area contributed by atoms with E-state index in [1.165, 1.54) is 23.9 Å². The molecule has 2 N–H and O–H groups in total. The van der Waals surface area contributed by atoms with Gasteiger partial charge in [0.15, 0.2) is 0 Å². The van der Waals surface area contributed by atoms with Gasteiger partial charge in [-0.3, -0.25) is 9.20 Å². The number of esters is 1. The number of carbonyl (C=O) groups excluding carboxylic acids is 1. The van der Waals surface area contributed by atoms with Gasteiger partial charge >= 0.3 is 12.1 Å². The fourth-order valence-electron chi connectivity index (χ4n) is 2.78. The monoisotopic (exact) mass is 447 g/mol. The average molecular weight is 447 g/mol. The molecule has 9 heteroatoms. The second-order valence-electron chi connectivity index (χ2n) is 6.54. The molecule has 0 aliphatic carbocycles. The molecule has 2 heterocycles. The number of carbonyl (C=O) groups is 1. The summed E-state index contributed by atoms with van der Waals surface area (Å²) in [6.45, 7) is 1.97. The summed E-state index contributed by atoms with van der Waals surface area (Å²) < 4.78 is 45.5. The van der Waals surface area contributed by atoms with Crippen LogP contribution >= 0.6 is 11.8 Å². The molecular weight excluding hydrogens is 427 g/mol. The second kappa shape index (κ2) is 9.90. The van der Waals surface area contributed by atoms with Crippen LogP contribution in [-0.2, 0) is 21.5 Å². The van der Waals surface area contributed by atoms with Crippen molar-refractivity contribution in [2.45, 2.75) is 24.9 Å². The van der Waals surface area contributed by atoms with Gasteiger partial charge in [-0.05, 0) is 43.2 Å². The van der Waals surface area contributed by atoms with Crippen molar-refractivity contribution < 1.29 is 22.7 Å². The Hall–Kier alpha value is -2.96. The first-order valence-corrected chi connectivity index (χ1v) is 10.6. The Morgan fingerprint density at radius 1 is 1.26 bits per heavy atom. The highest BCUT2D eigenvalue weighted by atomic mass is 32.2. The predicted octanol–water partition coefficient (Wildman–Crippen LogP) is 3.88. The lowest BCUT2D eigenvalue weighted by molar-refractivity contribution is -0.144. The molecule has 0 saturated heterocycles. The van der Waals surface area contributed by atoms with E-state index in [1.807, 2.05) is 18.2 Å². The van der Waals surface area contributed by atoms with Gasteiger partial charge in [0.25, 0.3) is 0 Å². The number of nitrogens with two attached hydrogens (primary N) is 1. The number of imidazole rings is 1. The number of fused-ring (bicyclic) bond motifs is 1. The average Bonchev–Trinajstić information content (AvgIpc) is 3.09. The molecule has 0 bridgehead atoms. The molecule has 1 unspecified atom stereocenters. The van der Waals surface area contributed by atoms with E-state index in [1.54, 1.807) is 17.5 Å². The highest BCUT2D eigenvalue weighted by Crippen LogP contribution is 2.29. The minimum atomic E-state index is -4.43. The summed E-state index contributed by atoms with van der Waals surface area (Å²) in [7, 11) is 0. The summed E-state index contributed by atoms with van der Waals surface area (Å²) in [5.74, 6) is 6.08. The van der Waals surface area contributed by atoms with Crippen molar-refractivity contribution in [3.8, 4) is 11.8 Å². The first-order valence-electron chi connectivity index (χ1n) is 9.44. The number of hydrogen-bond donors (Lipinski definition) is 1. The molecule has 0 saturated carbocycles. The zero-order valence-corrected chi connectivity index (χ0v) is 17.5. The highest BCUT2D eigenvalue weighted by molar-refractivity contribution is 7.98. The minimum Gasteiger partial charge on any atom is -0.465 e. The number of thioether (sulfide) groups is 1. The SMILES string of the molecule is CCOC(=O)C(N)CSCc1nc2ccccn2c1C#Cc1cccc(C(F)(F)F)c1. The third-order valence-corrected chi connectivity index (χ3v) is 5.32. The Morgan fingerprint density at radius 2 is 2.06 bits per heavy atom. The first kappa shape index (κ1) is 22.7. The smallest absolute Gasteiger partial charge is 0.416 e. The molecular formula is C22H20F3N3O2S. The maximum Gasteiger partial charge on any atom is 0.416 e. The number of benzene rings is 1. The molecule has 0 amide bonds. The standard InChI is InChI=1S/C22H20F3N3O2S/c1-2-30-21(29)17(26)13-31-14-18-19(28-11-4-3-8-20(28)27-18)10-9-15-6-5-7-16(12-15)22(23,24)25/h3-8,11-12,17H,2,13-14,26H2,1H3. The largest absolute Gasteiger partial charge is 0.465 e. The van der Waals surface area contributed by atoms with Crippen LogP contribution in [0, 0.1) is 11.8 Å². The van der Waals surface area contributed by atoms with Gasteiger partial charge in [-0.1, -0.05) is 18.1 Å². The fourth-order valence-corrected chi connectivity index (χ4v) is 3.68. The van der Waals surface area contributed by atoms with Crippen molar-refractivity contribution in [1.29, 1.82) is 0 Å². The summed E-state index contributed by atoms with van der Waals surface area (Å²) in [6.07, 6.45) is -2.64. The molecule has 2 aromatic heterocycles. The molecule has 3 aromatic rings. The number of ether oxygens (including phenoxy) is 1. The molecule has 5 nitrogen and oxygen atoms in total. The van der Waals surface area contributed by atoms with Crippen LogP contribution in [0.1, 0.15) is 29.4 Å². The van der Waals surface area contributed by atoms with Gasteiger partial charge in [-0.25, -0.2) is 4.98 Å². The van der Waals surface area contributed by atoms with Crippen LogP contribution in [0.15, 0.2) is 48.7 Å². The Morgan fingerprint density at radius 3 is 2.81 bits per heavy atom. The van der Waals surface area contributed by atoms with Crippen molar-refractivity contribution in [2.75, 3.05) is 12.4 Å². The number of rotatable bonds is 6.